The molecule has 4 rings (SSSR count). The second-order valence-electron chi connectivity index (χ2n) is 7.54. The second kappa shape index (κ2) is 8.27. The Morgan fingerprint density at radius 3 is 2.61 bits per heavy atom. The van der Waals surface area contributed by atoms with Gasteiger partial charge in [0.25, 0.3) is 0 Å². The molecule has 4 aromatic rings. The Hall–Kier alpha value is -2.98. The van der Waals surface area contributed by atoms with E-state index >= 15 is 0 Å². The summed E-state index contributed by atoms with van der Waals surface area (Å²) >= 11 is 3.47. The molecule has 0 saturated heterocycles. The van der Waals surface area contributed by atoms with Gasteiger partial charge >= 0.3 is 0 Å². The van der Waals surface area contributed by atoms with Gasteiger partial charge in [0.2, 0.25) is 5.95 Å². The predicted molar refractivity (Wildman–Crippen MR) is 127 cm³/mol. The fraction of sp³-hybridized carbons (Fsp3) is 0.190. The van der Waals surface area contributed by atoms with Gasteiger partial charge in [0.15, 0.2) is 0 Å². The number of halogens is 1. The highest BCUT2D eigenvalue weighted by atomic mass is 79.9. The maximum absolute atomic E-state index is 11.8. The molecule has 31 heavy (non-hydrogen) atoms. The number of benzene rings is 2. The molecule has 0 radical (unpaired) electrons. The third kappa shape index (κ3) is 4.26. The van der Waals surface area contributed by atoms with E-state index in [1.807, 2.05) is 49.6 Å². The first-order chi connectivity index (χ1) is 14.8. The van der Waals surface area contributed by atoms with Gasteiger partial charge in [-0.1, -0.05) is 18.2 Å². The minimum atomic E-state index is -2.68. The molecule has 2 heterocycles. The van der Waals surface area contributed by atoms with Crippen LogP contribution in [-0.2, 0) is 22.5 Å². The Bertz CT molecular complexity index is 1340. The summed E-state index contributed by atoms with van der Waals surface area (Å²) in [4.78, 5) is 8.90. The van der Waals surface area contributed by atoms with Crippen LogP contribution in [0.5, 0.6) is 0 Å². The average molecular weight is 501 g/mol. The van der Waals surface area contributed by atoms with E-state index in [0.717, 1.165) is 16.6 Å². The summed E-state index contributed by atoms with van der Waals surface area (Å²) in [6.45, 7) is 3.35. The molecule has 0 fully saturated rings. The van der Waals surface area contributed by atoms with Crippen molar-refractivity contribution in [2.45, 2.75) is 18.6 Å². The number of nitrogens with one attached hydrogen (secondary N) is 2. The normalized spacial score (nSPS) is 11.8. The van der Waals surface area contributed by atoms with Crippen LogP contribution in [0.1, 0.15) is 19.4 Å². The van der Waals surface area contributed by atoms with Crippen molar-refractivity contribution in [1.29, 1.82) is 0 Å². The van der Waals surface area contributed by atoms with Gasteiger partial charge in [-0.2, -0.15) is 10.1 Å². The summed E-state index contributed by atoms with van der Waals surface area (Å²) in [5.41, 5.74) is 3.14. The summed E-state index contributed by atoms with van der Waals surface area (Å²) in [5.74, 6) is 0.919. The first-order valence-corrected chi connectivity index (χ1v) is 11.4. The number of aromatic nitrogens is 4. The topological polar surface area (TPSA) is 102 Å². The monoisotopic (exact) mass is 500 g/mol. The molecule has 8 nitrogen and oxygen atoms in total. The zero-order valence-corrected chi connectivity index (χ0v) is 19.6. The summed E-state index contributed by atoms with van der Waals surface area (Å²) < 4.78 is 25.0. The second-order valence-corrected chi connectivity index (χ2v) is 10.0. The zero-order valence-electron chi connectivity index (χ0n) is 17.1. The predicted octanol–water partition coefficient (Wildman–Crippen LogP) is 4.46. The Kier molecular flexibility index (Phi) is 5.67. The summed E-state index contributed by atoms with van der Waals surface area (Å²) in [5, 5.41) is 11.8. The Labute approximate surface area is 189 Å². The standard InChI is InChI=1S/C21H21BrN6O2S/c1-21(2,31(29)30)15-6-4-5-7-17(15)26-19-16(22)12-23-20(27-19)25-14-9-8-13-11-24-28(3)18(13)10-14/h4-12,31H,1-3H3,(H2,23,25,26,27). The van der Waals surface area contributed by atoms with Gasteiger partial charge < -0.3 is 10.6 Å². The van der Waals surface area contributed by atoms with E-state index in [0.29, 0.717) is 27.5 Å². The van der Waals surface area contributed by atoms with E-state index < -0.39 is 15.5 Å². The number of thiol groups is 1. The molecular weight excluding hydrogens is 480 g/mol. The Morgan fingerprint density at radius 1 is 1.06 bits per heavy atom. The van der Waals surface area contributed by atoms with Crippen LogP contribution < -0.4 is 10.6 Å². The van der Waals surface area contributed by atoms with E-state index in [9.17, 15) is 8.42 Å². The number of aryl methyl sites for hydroxylation is 1. The Morgan fingerprint density at radius 2 is 1.84 bits per heavy atom. The number of anilines is 4. The van der Waals surface area contributed by atoms with Crippen LogP contribution >= 0.6 is 15.9 Å². The summed E-state index contributed by atoms with van der Waals surface area (Å²) in [7, 11) is -0.788. The minimum Gasteiger partial charge on any atom is -0.339 e. The van der Waals surface area contributed by atoms with Crippen molar-refractivity contribution < 1.29 is 8.42 Å². The fourth-order valence-electron chi connectivity index (χ4n) is 3.22. The highest BCUT2D eigenvalue weighted by Gasteiger charge is 2.27. The average Bonchev–Trinajstić information content (AvgIpc) is 3.11. The van der Waals surface area contributed by atoms with Gasteiger partial charge in [-0.3, -0.25) is 4.68 Å². The first-order valence-electron chi connectivity index (χ1n) is 9.48. The lowest BCUT2D eigenvalue weighted by Crippen LogP contribution is -2.20. The molecule has 160 valence electrons. The first kappa shape index (κ1) is 21.3. The van der Waals surface area contributed by atoms with Crippen molar-refractivity contribution in [2.24, 2.45) is 7.05 Å². The molecule has 10 heteroatoms. The number of hydrogen-bond donors (Lipinski definition) is 3. The lowest BCUT2D eigenvalue weighted by Gasteiger charge is -2.22. The maximum atomic E-state index is 11.8. The van der Waals surface area contributed by atoms with Gasteiger partial charge in [-0.05, 0) is 59.6 Å². The van der Waals surface area contributed by atoms with Crippen LogP contribution in [-0.4, -0.2) is 28.2 Å². The van der Waals surface area contributed by atoms with Gasteiger partial charge in [0.1, 0.15) is 16.5 Å². The number of rotatable bonds is 6. The molecule has 0 bridgehead atoms. The molecule has 0 aliphatic carbocycles. The van der Waals surface area contributed by atoms with Gasteiger partial charge in [0.05, 0.1) is 20.9 Å². The van der Waals surface area contributed by atoms with E-state index in [1.165, 1.54) is 0 Å². The lowest BCUT2D eigenvalue weighted by atomic mass is 10.00. The molecule has 2 aromatic heterocycles. The lowest BCUT2D eigenvalue weighted by molar-refractivity contribution is 0.577. The molecule has 2 N–H and O–H groups in total. The molecule has 0 saturated carbocycles. The Balaban J connectivity index is 1.65. The highest BCUT2D eigenvalue weighted by Crippen LogP contribution is 2.34. The highest BCUT2D eigenvalue weighted by molar-refractivity contribution is 9.10. The van der Waals surface area contributed by atoms with Crippen LogP contribution in [0.25, 0.3) is 10.9 Å². The number of para-hydroxylation sites is 1. The fourth-order valence-corrected chi connectivity index (χ4v) is 3.90. The van der Waals surface area contributed by atoms with Crippen molar-refractivity contribution >= 4 is 60.7 Å². The minimum absolute atomic E-state index is 0.402. The largest absolute Gasteiger partial charge is 0.339 e. The molecule has 0 amide bonds. The SMILES string of the molecule is Cn1ncc2ccc(Nc3ncc(Br)c(Nc4ccccc4C(C)(C)[SH](=O)=O)n3)cc21. The molecule has 0 atom stereocenters. The van der Waals surface area contributed by atoms with Gasteiger partial charge in [-0.15, -0.1) is 0 Å². The van der Waals surface area contributed by atoms with Crippen molar-refractivity contribution in [1.82, 2.24) is 19.7 Å². The van der Waals surface area contributed by atoms with Gasteiger partial charge in [-0.25, -0.2) is 13.4 Å². The van der Waals surface area contributed by atoms with Gasteiger partial charge in [0, 0.05) is 30.0 Å². The quantitative estimate of drug-likeness (QED) is 0.336. The third-order valence-corrected chi connectivity index (χ3v) is 6.78. The number of nitrogens with zero attached hydrogens (tertiary/aromatic N) is 4. The zero-order chi connectivity index (χ0) is 22.2. The third-order valence-electron chi connectivity index (χ3n) is 5.05. The molecular formula is C21H21BrN6O2S. The molecule has 0 unspecified atom stereocenters. The van der Waals surface area contributed by atoms with Crippen LogP contribution in [0, 0.1) is 0 Å². The van der Waals surface area contributed by atoms with Crippen molar-refractivity contribution in [2.75, 3.05) is 10.6 Å². The molecule has 0 aliphatic rings. The van der Waals surface area contributed by atoms with E-state index in [-0.39, 0.29) is 0 Å². The van der Waals surface area contributed by atoms with E-state index in [4.69, 9.17) is 0 Å². The molecule has 0 spiro atoms. The van der Waals surface area contributed by atoms with Crippen molar-refractivity contribution in [3.05, 3.63) is 64.9 Å². The summed E-state index contributed by atoms with van der Waals surface area (Å²) in [6, 6.07) is 13.2. The van der Waals surface area contributed by atoms with Crippen LogP contribution in [0.4, 0.5) is 23.1 Å². The van der Waals surface area contributed by atoms with Crippen molar-refractivity contribution in [3.8, 4) is 0 Å². The molecule has 2 aromatic carbocycles. The summed E-state index contributed by atoms with van der Waals surface area (Å²) in [6.07, 6.45) is 3.45. The van der Waals surface area contributed by atoms with Crippen LogP contribution in [0.3, 0.4) is 0 Å². The van der Waals surface area contributed by atoms with E-state index in [2.05, 4.69) is 41.6 Å². The van der Waals surface area contributed by atoms with Crippen molar-refractivity contribution in [3.63, 3.8) is 0 Å². The number of hydrogen-bond acceptors (Lipinski definition) is 7. The maximum Gasteiger partial charge on any atom is 0.229 e. The molecule has 0 aliphatic heterocycles. The smallest absolute Gasteiger partial charge is 0.229 e. The van der Waals surface area contributed by atoms with E-state index in [1.54, 1.807) is 30.8 Å². The van der Waals surface area contributed by atoms with Crippen LogP contribution in [0.15, 0.2) is 59.3 Å². The number of fused-ring (bicyclic) bond motifs is 1. The van der Waals surface area contributed by atoms with Crippen LogP contribution in [0.2, 0.25) is 0 Å².